The summed E-state index contributed by atoms with van der Waals surface area (Å²) >= 11 is 0. The first-order valence-electron chi connectivity index (χ1n) is 6.39. The van der Waals surface area contributed by atoms with Crippen molar-refractivity contribution in [2.75, 3.05) is 19.7 Å². The highest BCUT2D eigenvalue weighted by Crippen LogP contribution is 2.12. The van der Waals surface area contributed by atoms with Crippen molar-refractivity contribution in [3.05, 3.63) is 29.8 Å². The minimum absolute atomic E-state index is 0.00854. The number of rotatable bonds is 8. The minimum Gasteiger partial charge on any atom is -0.494 e. The molecule has 0 fully saturated rings. The van der Waals surface area contributed by atoms with Gasteiger partial charge in [-0.15, -0.1) is 0 Å². The summed E-state index contributed by atoms with van der Waals surface area (Å²) in [5.41, 5.74) is 1.21. The summed E-state index contributed by atoms with van der Waals surface area (Å²) in [6.45, 7) is 6.60. The number of ether oxygens (including phenoxy) is 1. The Kier molecular flexibility index (Phi) is 6.87. The molecule has 0 aromatic heterocycles. The number of amides is 1. The van der Waals surface area contributed by atoms with Crippen LogP contribution in [0.1, 0.15) is 25.8 Å². The van der Waals surface area contributed by atoms with Crippen molar-refractivity contribution in [1.82, 2.24) is 10.6 Å². The summed E-state index contributed by atoms with van der Waals surface area (Å²) in [5, 5.41) is 6.01. The molecule has 18 heavy (non-hydrogen) atoms. The monoisotopic (exact) mass is 250 g/mol. The Morgan fingerprint density at radius 3 is 2.56 bits per heavy atom. The first kappa shape index (κ1) is 14.5. The Balaban J connectivity index is 2.20. The van der Waals surface area contributed by atoms with Crippen LogP contribution in [0.4, 0.5) is 0 Å². The normalized spacial score (nSPS) is 10.1. The van der Waals surface area contributed by atoms with E-state index < -0.39 is 0 Å². The highest BCUT2D eigenvalue weighted by molar-refractivity contribution is 5.72. The summed E-state index contributed by atoms with van der Waals surface area (Å²) in [6, 6.07) is 8.08. The molecule has 0 aliphatic carbocycles. The van der Waals surface area contributed by atoms with Crippen molar-refractivity contribution in [2.45, 2.75) is 26.8 Å². The SMILES string of the molecule is CCCOc1ccc(CNCCNC(C)=O)cc1. The summed E-state index contributed by atoms with van der Waals surface area (Å²) < 4.78 is 5.51. The lowest BCUT2D eigenvalue weighted by Crippen LogP contribution is -2.29. The standard InChI is InChI=1S/C14H22N2O2/c1-3-10-18-14-6-4-13(5-7-14)11-15-8-9-16-12(2)17/h4-7,15H,3,8-11H2,1-2H3,(H,16,17). The Bertz CT molecular complexity index is 349. The van der Waals surface area contributed by atoms with E-state index in [1.807, 2.05) is 12.1 Å². The molecule has 100 valence electrons. The van der Waals surface area contributed by atoms with Crippen LogP contribution in [0.5, 0.6) is 5.75 Å². The van der Waals surface area contributed by atoms with Gasteiger partial charge in [0.2, 0.25) is 5.91 Å². The largest absolute Gasteiger partial charge is 0.494 e. The van der Waals surface area contributed by atoms with Crippen molar-refractivity contribution in [3.63, 3.8) is 0 Å². The fourth-order valence-corrected chi connectivity index (χ4v) is 1.48. The van der Waals surface area contributed by atoms with Gasteiger partial charge in [-0.2, -0.15) is 0 Å². The van der Waals surface area contributed by atoms with E-state index in [1.54, 1.807) is 0 Å². The molecule has 0 spiro atoms. The summed E-state index contributed by atoms with van der Waals surface area (Å²) in [4.78, 5) is 10.6. The molecule has 0 aliphatic heterocycles. The Morgan fingerprint density at radius 1 is 1.22 bits per heavy atom. The van der Waals surface area contributed by atoms with Crippen LogP contribution in [0.2, 0.25) is 0 Å². The van der Waals surface area contributed by atoms with Crippen LogP contribution >= 0.6 is 0 Å². The predicted molar refractivity (Wildman–Crippen MR) is 72.6 cm³/mol. The highest BCUT2D eigenvalue weighted by atomic mass is 16.5. The maximum absolute atomic E-state index is 10.6. The molecule has 0 saturated carbocycles. The zero-order valence-corrected chi connectivity index (χ0v) is 11.2. The molecule has 1 aromatic rings. The number of benzene rings is 1. The maximum atomic E-state index is 10.6. The zero-order chi connectivity index (χ0) is 13.2. The second-order valence-electron chi connectivity index (χ2n) is 4.15. The molecule has 0 bridgehead atoms. The number of carbonyl (C=O) groups is 1. The number of carbonyl (C=O) groups excluding carboxylic acids is 1. The smallest absolute Gasteiger partial charge is 0.216 e. The van der Waals surface area contributed by atoms with Gasteiger partial charge in [0.1, 0.15) is 5.75 Å². The van der Waals surface area contributed by atoms with Gasteiger partial charge in [-0.3, -0.25) is 4.79 Å². The molecule has 1 aromatic carbocycles. The van der Waals surface area contributed by atoms with Gasteiger partial charge in [0.05, 0.1) is 6.61 Å². The second-order valence-corrected chi connectivity index (χ2v) is 4.15. The van der Waals surface area contributed by atoms with Crippen LogP contribution < -0.4 is 15.4 Å². The lowest BCUT2D eigenvalue weighted by Gasteiger charge is -2.07. The van der Waals surface area contributed by atoms with Gasteiger partial charge in [-0.05, 0) is 24.1 Å². The Labute approximate surface area is 109 Å². The second kappa shape index (κ2) is 8.53. The Morgan fingerprint density at radius 2 is 1.94 bits per heavy atom. The van der Waals surface area contributed by atoms with E-state index in [-0.39, 0.29) is 5.91 Å². The Hall–Kier alpha value is -1.55. The van der Waals surface area contributed by atoms with E-state index in [1.165, 1.54) is 12.5 Å². The molecular weight excluding hydrogens is 228 g/mol. The van der Waals surface area contributed by atoms with Crippen molar-refractivity contribution in [3.8, 4) is 5.75 Å². The van der Waals surface area contributed by atoms with Crippen LogP contribution in [-0.4, -0.2) is 25.6 Å². The van der Waals surface area contributed by atoms with E-state index in [2.05, 4.69) is 29.7 Å². The lowest BCUT2D eigenvalue weighted by molar-refractivity contribution is -0.118. The van der Waals surface area contributed by atoms with Crippen molar-refractivity contribution < 1.29 is 9.53 Å². The molecule has 4 nitrogen and oxygen atoms in total. The van der Waals surface area contributed by atoms with Gasteiger partial charge < -0.3 is 15.4 Å². The first-order valence-corrected chi connectivity index (χ1v) is 6.39. The number of hydrogen-bond donors (Lipinski definition) is 2. The van der Waals surface area contributed by atoms with E-state index in [0.29, 0.717) is 6.54 Å². The van der Waals surface area contributed by atoms with E-state index >= 15 is 0 Å². The lowest BCUT2D eigenvalue weighted by atomic mass is 10.2. The van der Waals surface area contributed by atoms with E-state index in [9.17, 15) is 4.79 Å². The fourth-order valence-electron chi connectivity index (χ4n) is 1.48. The van der Waals surface area contributed by atoms with Crippen LogP contribution in [0.25, 0.3) is 0 Å². The molecule has 0 unspecified atom stereocenters. The third-order valence-corrected chi connectivity index (χ3v) is 2.40. The van der Waals surface area contributed by atoms with Gasteiger partial charge in [0.25, 0.3) is 0 Å². The molecular formula is C14H22N2O2. The molecule has 4 heteroatoms. The van der Waals surface area contributed by atoms with Gasteiger partial charge in [0.15, 0.2) is 0 Å². The highest BCUT2D eigenvalue weighted by Gasteiger charge is 1.95. The molecule has 1 rings (SSSR count). The molecule has 0 saturated heterocycles. The molecule has 0 aliphatic rings. The quantitative estimate of drug-likeness (QED) is 0.690. The molecule has 0 heterocycles. The predicted octanol–water partition coefficient (Wildman–Crippen LogP) is 1.70. The zero-order valence-electron chi connectivity index (χ0n) is 11.2. The van der Waals surface area contributed by atoms with Crippen molar-refractivity contribution >= 4 is 5.91 Å². The maximum Gasteiger partial charge on any atom is 0.216 e. The average Bonchev–Trinajstić information content (AvgIpc) is 2.37. The van der Waals surface area contributed by atoms with Gasteiger partial charge in [0, 0.05) is 26.6 Å². The summed E-state index contributed by atoms with van der Waals surface area (Å²) in [6.07, 6.45) is 1.02. The van der Waals surface area contributed by atoms with Crippen LogP contribution in [0, 0.1) is 0 Å². The van der Waals surface area contributed by atoms with Crippen LogP contribution in [-0.2, 0) is 11.3 Å². The van der Waals surface area contributed by atoms with Crippen LogP contribution in [0.3, 0.4) is 0 Å². The summed E-state index contributed by atoms with van der Waals surface area (Å²) in [7, 11) is 0. The fraction of sp³-hybridized carbons (Fsp3) is 0.500. The summed E-state index contributed by atoms with van der Waals surface area (Å²) in [5.74, 6) is 0.924. The van der Waals surface area contributed by atoms with Gasteiger partial charge in [-0.25, -0.2) is 0 Å². The first-order chi connectivity index (χ1) is 8.72. The van der Waals surface area contributed by atoms with Gasteiger partial charge >= 0.3 is 0 Å². The van der Waals surface area contributed by atoms with Gasteiger partial charge in [-0.1, -0.05) is 19.1 Å². The molecule has 0 atom stereocenters. The van der Waals surface area contributed by atoms with E-state index in [0.717, 1.165) is 31.9 Å². The van der Waals surface area contributed by atoms with Crippen molar-refractivity contribution in [2.24, 2.45) is 0 Å². The van der Waals surface area contributed by atoms with E-state index in [4.69, 9.17) is 4.74 Å². The molecule has 1 amide bonds. The molecule has 2 N–H and O–H groups in total. The van der Waals surface area contributed by atoms with Crippen molar-refractivity contribution in [1.29, 1.82) is 0 Å². The number of hydrogen-bond acceptors (Lipinski definition) is 3. The van der Waals surface area contributed by atoms with Crippen LogP contribution in [0.15, 0.2) is 24.3 Å². The third kappa shape index (κ3) is 6.25. The minimum atomic E-state index is 0.00854. The average molecular weight is 250 g/mol. The third-order valence-electron chi connectivity index (χ3n) is 2.40. The topological polar surface area (TPSA) is 50.4 Å². The number of nitrogens with one attached hydrogen (secondary N) is 2. The molecule has 0 radical (unpaired) electrons.